The molecule has 1 N–H and O–H groups in total. The zero-order chi connectivity index (χ0) is 14.2. The predicted octanol–water partition coefficient (Wildman–Crippen LogP) is 2.44. The molecular formula is C16H27N3O. The highest BCUT2D eigenvalue weighted by atomic mass is 16.5. The first-order chi connectivity index (χ1) is 9.79. The molecule has 1 unspecified atom stereocenters. The maximum atomic E-state index is 5.87. The highest BCUT2D eigenvalue weighted by molar-refractivity contribution is 5.22. The zero-order valence-corrected chi connectivity index (χ0v) is 12.8. The maximum Gasteiger partial charge on any atom is 0.122 e. The smallest absolute Gasteiger partial charge is 0.122 e. The molecule has 4 heteroatoms. The Labute approximate surface area is 122 Å². The predicted molar refractivity (Wildman–Crippen MR) is 82.0 cm³/mol. The third-order valence-electron chi connectivity index (χ3n) is 3.91. The van der Waals surface area contributed by atoms with Crippen LogP contribution in [0.15, 0.2) is 18.3 Å². The zero-order valence-electron chi connectivity index (χ0n) is 12.8. The van der Waals surface area contributed by atoms with Gasteiger partial charge in [0, 0.05) is 24.8 Å². The Bertz CT molecular complexity index is 397. The van der Waals surface area contributed by atoms with Gasteiger partial charge in [0.2, 0.25) is 0 Å². The molecule has 1 aliphatic rings. The summed E-state index contributed by atoms with van der Waals surface area (Å²) in [7, 11) is 2.21. The molecule has 0 aliphatic carbocycles. The Hall–Kier alpha value is -1.13. The molecule has 0 saturated carbocycles. The molecule has 2 heterocycles. The van der Waals surface area contributed by atoms with Crippen molar-refractivity contribution in [3.8, 4) is 5.75 Å². The Kier molecular flexibility index (Phi) is 6.27. The van der Waals surface area contributed by atoms with Gasteiger partial charge in [-0.15, -0.1) is 0 Å². The number of likely N-dealkylation sites (tertiary alicyclic amines) is 1. The van der Waals surface area contributed by atoms with Gasteiger partial charge < -0.3 is 15.0 Å². The normalized spacial score (nSPS) is 19.4. The van der Waals surface area contributed by atoms with Crippen LogP contribution in [0, 0.1) is 0 Å². The first-order valence-electron chi connectivity index (χ1n) is 7.78. The van der Waals surface area contributed by atoms with E-state index in [0.717, 1.165) is 44.0 Å². The van der Waals surface area contributed by atoms with Crippen molar-refractivity contribution in [2.45, 2.75) is 45.2 Å². The van der Waals surface area contributed by atoms with Crippen LogP contribution >= 0.6 is 0 Å². The summed E-state index contributed by atoms with van der Waals surface area (Å²) in [6.45, 7) is 6.03. The molecule has 0 radical (unpaired) electrons. The lowest BCUT2D eigenvalue weighted by Gasteiger charge is -2.19. The fraction of sp³-hybridized carbons (Fsp3) is 0.688. The summed E-state index contributed by atoms with van der Waals surface area (Å²) in [6, 6.07) is 4.69. The minimum Gasteiger partial charge on any atom is -0.493 e. The lowest BCUT2D eigenvalue weighted by Crippen LogP contribution is -2.26. The second-order valence-electron chi connectivity index (χ2n) is 5.57. The molecule has 1 aromatic heterocycles. The van der Waals surface area contributed by atoms with Crippen LogP contribution in [0.2, 0.25) is 0 Å². The molecule has 0 spiro atoms. The average Bonchev–Trinajstić information content (AvgIpc) is 2.85. The SMILES string of the molecule is CCCNCc1cc(OCCC2CCCN2C)ccn1. The van der Waals surface area contributed by atoms with Gasteiger partial charge in [-0.1, -0.05) is 6.92 Å². The Morgan fingerprint density at radius 2 is 2.40 bits per heavy atom. The van der Waals surface area contributed by atoms with Crippen LogP contribution in [0.1, 0.15) is 38.3 Å². The summed E-state index contributed by atoms with van der Waals surface area (Å²) >= 11 is 0. The van der Waals surface area contributed by atoms with Gasteiger partial charge in [0.25, 0.3) is 0 Å². The van der Waals surface area contributed by atoms with Crippen molar-refractivity contribution in [1.82, 2.24) is 15.2 Å². The highest BCUT2D eigenvalue weighted by Gasteiger charge is 2.20. The van der Waals surface area contributed by atoms with E-state index in [0.29, 0.717) is 6.04 Å². The maximum absolute atomic E-state index is 5.87. The number of nitrogens with zero attached hydrogens (tertiary/aromatic N) is 2. The number of ether oxygens (including phenoxy) is 1. The number of aromatic nitrogens is 1. The van der Waals surface area contributed by atoms with Gasteiger partial charge in [0.15, 0.2) is 0 Å². The third-order valence-corrected chi connectivity index (χ3v) is 3.91. The van der Waals surface area contributed by atoms with E-state index in [4.69, 9.17) is 4.74 Å². The molecule has 112 valence electrons. The number of pyridine rings is 1. The minimum absolute atomic E-state index is 0.697. The van der Waals surface area contributed by atoms with Crippen molar-refractivity contribution in [1.29, 1.82) is 0 Å². The van der Waals surface area contributed by atoms with Crippen LogP contribution in [0.4, 0.5) is 0 Å². The van der Waals surface area contributed by atoms with Crippen LogP contribution in [-0.4, -0.2) is 42.7 Å². The Morgan fingerprint density at radius 3 is 3.15 bits per heavy atom. The van der Waals surface area contributed by atoms with Gasteiger partial charge in [-0.25, -0.2) is 0 Å². The second kappa shape index (κ2) is 8.22. The third kappa shape index (κ3) is 4.76. The summed E-state index contributed by atoms with van der Waals surface area (Å²) in [5.74, 6) is 0.939. The number of nitrogens with one attached hydrogen (secondary N) is 1. The molecule has 1 atom stereocenters. The van der Waals surface area contributed by atoms with E-state index in [-0.39, 0.29) is 0 Å². The van der Waals surface area contributed by atoms with Crippen LogP contribution in [0.5, 0.6) is 5.75 Å². The van der Waals surface area contributed by atoms with E-state index in [1.165, 1.54) is 19.4 Å². The van der Waals surface area contributed by atoms with Gasteiger partial charge in [-0.2, -0.15) is 0 Å². The molecule has 4 nitrogen and oxygen atoms in total. The van der Waals surface area contributed by atoms with Gasteiger partial charge in [0.05, 0.1) is 12.3 Å². The molecule has 1 aromatic rings. The van der Waals surface area contributed by atoms with Crippen molar-refractivity contribution in [2.24, 2.45) is 0 Å². The van der Waals surface area contributed by atoms with Crippen LogP contribution in [0.25, 0.3) is 0 Å². The molecule has 2 rings (SSSR count). The first kappa shape index (κ1) is 15.3. The van der Waals surface area contributed by atoms with Crippen LogP contribution in [-0.2, 0) is 6.54 Å². The van der Waals surface area contributed by atoms with E-state index >= 15 is 0 Å². The first-order valence-corrected chi connectivity index (χ1v) is 7.78. The van der Waals surface area contributed by atoms with Crippen LogP contribution < -0.4 is 10.1 Å². The monoisotopic (exact) mass is 277 g/mol. The van der Waals surface area contributed by atoms with E-state index in [1.807, 2.05) is 18.3 Å². The summed E-state index contributed by atoms with van der Waals surface area (Å²) in [6.07, 6.45) is 6.72. The molecule has 1 aliphatic heterocycles. The lowest BCUT2D eigenvalue weighted by atomic mass is 10.1. The second-order valence-corrected chi connectivity index (χ2v) is 5.57. The molecule has 0 amide bonds. The van der Waals surface area contributed by atoms with Crippen LogP contribution in [0.3, 0.4) is 0 Å². The molecule has 1 fully saturated rings. The number of rotatable bonds is 8. The van der Waals surface area contributed by atoms with Gasteiger partial charge in [-0.05, 0) is 51.9 Å². The summed E-state index contributed by atoms with van der Waals surface area (Å²) in [5.41, 5.74) is 1.05. The highest BCUT2D eigenvalue weighted by Crippen LogP contribution is 2.18. The van der Waals surface area contributed by atoms with Gasteiger partial charge in [0.1, 0.15) is 5.75 Å². The standard InChI is InChI=1S/C16H27N3O/c1-3-8-17-13-14-12-16(6-9-18-14)20-11-7-15-5-4-10-19(15)2/h6,9,12,15,17H,3-5,7-8,10-11,13H2,1-2H3. The van der Waals surface area contributed by atoms with E-state index < -0.39 is 0 Å². The molecule has 0 aromatic carbocycles. The fourth-order valence-corrected chi connectivity index (χ4v) is 2.69. The van der Waals surface area contributed by atoms with Crippen molar-refractivity contribution in [3.05, 3.63) is 24.0 Å². The van der Waals surface area contributed by atoms with E-state index in [2.05, 4.69) is 29.2 Å². The van der Waals surface area contributed by atoms with E-state index in [1.54, 1.807) is 0 Å². The van der Waals surface area contributed by atoms with Gasteiger partial charge in [-0.3, -0.25) is 4.98 Å². The molecule has 0 bridgehead atoms. The molecular weight excluding hydrogens is 250 g/mol. The Morgan fingerprint density at radius 1 is 1.50 bits per heavy atom. The lowest BCUT2D eigenvalue weighted by molar-refractivity contribution is 0.233. The Balaban J connectivity index is 1.73. The summed E-state index contributed by atoms with van der Waals surface area (Å²) in [5, 5.41) is 3.36. The van der Waals surface area contributed by atoms with E-state index in [9.17, 15) is 0 Å². The molecule has 1 saturated heterocycles. The number of hydrogen-bond donors (Lipinski definition) is 1. The van der Waals surface area contributed by atoms with Crippen molar-refractivity contribution < 1.29 is 4.74 Å². The number of hydrogen-bond acceptors (Lipinski definition) is 4. The van der Waals surface area contributed by atoms with Gasteiger partial charge >= 0.3 is 0 Å². The minimum atomic E-state index is 0.697. The summed E-state index contributed by atoms with van der Waals surface area (Å²) < 4.78 is 5.87. The quantitative estimate of drug-likeness (QED) is 0.741. The topological polar surface area (TPSA) is 37.4 Å². The van der Waals surface area contributed by atoms with Crippen molar-refractivity contribution in [3.63, 3.8) is 0 Å². The summed E-state index contributed by atoms with van der Waals surface area (Å²) in [4.78, 5) is 6.80. The largest absolute Gasteiger partial charge is 0.493 e. The molecule has 20 heavy (non-hydrogen) atoms. The van der Waals surface area contributed by atoms with Crippen molar-refractivity contribution in [2.75, 3.05) is 26.7 Å². The average molecular weight is 277 g/mol. The van der Waals surface area contributed by atoms with Crippen molar-refractivity contribution >= 4 is 0 Å². The fourth-order valence-electron chi connectivity index (χ4n) is 2.69.